The quantitative estimate of drug-likeness (QED) is 0.00391. The Bertz CT molecular complexity index is 4190. The van der Waals surface area contributed by atoms with E-state index in [2.05, 4.69) is 43.2 Å². The summed E-state index contributed by atoms with van der Waals surface area (Å²) < 4.78 is 122. The number of fused-ring (bicyclic) bond motifs is 1. The predicted molar refractivity (Wildman–Crippen MR) is 452 cm³/mol. The van der Waals surface area contributed by atoms with Gasteiger partial charge in [-0.1, -0.05) is 151 Å². The van der Waals surface area contributed by atoms with Crippen molar-refractivity contribution in [3.05, 3.63) is 265 Å². The van der Waals surface area contributed by atoms with Crippen molar-refractivity contribution < 1.29 is 109 Å². The topological polar surface area (TPSA) is 275 Å². The van der Waals surface area contributed by atoms with Gasteiger partial charge in [0.05, 0.1) is 125 Å². The molecular weight excluding hydrogens is 1560 g/mol. The molecule has 5 N–H and O–H groups in total. The molecule has 0 bridgehead atoms. The number of Topliss-reactive ketones (excluding diaryl/α,β-unsaturated/α-hetero) is 2. The zero-order valence-corrected chi connectivity index (χ0v) is 71.4. The van der Waals surface area contributed by atoms with Gasteiger partial charge in [-0.05, 0) is 136 Å². The van der Waals surface area contributed by atoms with Crippen LogP contribution in [0, 0.1) is 46.8 Å². The van der Waals surface area contributed by atoms with E-state index in [9.17, 15) is 51.3 Å². The number of nitrogens with zero attached hydrogens (tertiary/aromatic N) is 2. The third-order valence-corrected chi connectivity index (χ3v) is 20.3. The Kier molecular flexibility index (Phi) is 44.6. The molecule has 11 rings (SSSR count). The number of amides is 1. The number of aliphatic hydroxyl groups is 2. The Hall–Kier alpha value is -8.75. The van der Waals surface area contributed by atoms with Crippen molar-refractivity contribution in [2.24, 2.45) is 28.6 Å². The van der Waals surface area contributed by atoms with Crippen LogP contribution in [0.1, 0.15) is 132 Å². The van der Waals surface area contributed by atoms with Crippen molar-refractivity contribution in [1.82, 2.24) is 5.06 Å². The second-order valence-electron chi connectivity index (χ2n) is 30.0. The summed E-state index contributed by atoms with van der Waals surface area (Å²) >= 11 is 5.54. The van der Waals surface area contributed by atoms with Crippen molar-refractivity contribution in [3.8, 4) is 0 Å². The van der Waals surface area contributed by atoms with Gasteiger partial charge in [-0.3, -0.25) is 19.2 Å². The summed E-state index contributed by atoms with van der Waals surface area (Å²) in [5.74, 6) is -3.05. The Morgan fingerprint density at radius 1 is 0.563 bits per heavy atom. The number of ketones is 2. The first kappa shape index (κ1) is 103. The van der Waals surface area contributed by atoms with Crippen LogP contribution >= 0.6 is 12.2 Å². The Morgan fingerprint density at radius 3 is 1.46 bits per heavy atom. The van der Waals surface area contributed by atoms with Gasteiger partial charge in [-0.25, -0.2) is 31.8 Å². The summed E-state index contributed by atoms with van der Waals surface area (Å²) in [4.78, 5) is 51.3. The number of nitrogens with two attached hydrogens (primary N) is 1. The molecule has 6 aromatic rings. The number of likely N-dealkylation sites (N-methyl/N-ethyl adjacent to an activating group) is 1. The molecule has 0 unspecified atom stereocenters. The first-order valence-corrected chi connectivity index (χ1v) is 39.5. The van der Waals surface area contributed by atoms with E-state index >= 15 is 0 Å². The van der Waals surface area contributed by atoms with Crippen molar-refractivity contribution in [3.63, 3.8) is 0 Å². The molecule has 1 amide bonds. The average Bonchev–Trinajstić information content (AvgIpc) is 1.45. The zero-order chi connectivity index (χ0) is 88.6. The fourth-order valence-corrected chi connectivity index (χ4v) is 13.1. The number of carbonyl (C=O) groups is 4. The van der Waals surface area contributed by atoms with Crippen LogP contribution in [0.2, 0.25) is 0 Å². The molecule has 5 fully saturated rings. The molecule has 0 aromatic heterocycles. The number of ether oxygens (including phenoxy) is 10. The van der Waals surface area contributed by atoms with E-state index in [0.717, 1.165) is 17.2 Å². The molecular formula is C92H120F5N3O18S. The maximum absolute atomic E-state index is 14.7. The van der Waals surface area contributed by atoms with E-state index in [1.54, 1.807) is 117 Å². The highest BCUT2D eigenvalue weighted by molar-refractivity contribution is 7.80. The monoisotopic (exact) mass is 1680 g/mol. The summed E-state index contributed by atoms with van der Waals surface area (Å²) in [6.45, 7) is 37.6. The van der Waals surface area contributed by atoms with Crippen LogP contribution in [0.15, 0.2) is 207 Å². The van der Waals surface area contributed by atoms with E-state index in [1.165, 1.54) is 56.6 Å². The SMILES string of the molecule is C=C[C@@H](C)OCC(=NO)c1ccccc1F.C=C[C@@H](C)OCC(=O)N(C)OC.C=C[C@@H](C)OCC(=O)OC(C)(C)C.C=C[C@@H](C)OCC(=O)c1ccccc1F.C[C@@H]1CO1.C[C@H]1OC[C@@](CC(=S)CC(=O)c2ccccc2)(c2ccccc2F)[C@@H]1CO.C[C@H]1OC[C@@](N)(c2ccccc2F)[C@@H]1CO.C[C@H]1OC[C@]2(c3ccccc3F)COC[C@H]12. The third-order valence-electron chi connectivity index (χ3n) is 20.0. The number of aliphatic hydroxyl groups excluding tert-OH is 2. The first-order valence-electron chi connectivity index (χ1n) is 39.1. The summed E-state index contributed by atoms with van der Waals surface area (Å²) in [5.41, 5.74) is 6.52. The van der Waals surface area contributed by atoms with Gasteiger partial charge in [0.25, 0.3) is 5.91 Å². The van der Waals surface area contributed by atoms with Gasteiger partial charge in [0.1, 0.15) is 60.2 Å². The molecule has 27 heteroatoms. The first-order chi connectivity index (χ1) is 56.5. The third kappa shape index (κ3) is 32.6. The second kappa shape index (κ2) is 51.8. The standard InChI is InChI=1S/C22H23FO3S.C13H15FO2.C12H16FNO2.C12H14FNO2.C12H13FO2.C10H18O3.C8H15NO3.C3H6O/c1-15-19(13-24)22(14-26-15,18-9-5-6-10-20(18)23)12-17(27)11-21(25)16-7-3-2-4-8-16;1-9-11-6-15-7-13(11,8-16-9)10-4-2-3-5-12(10)14;1-8-10(6-15)12(14,7-16-8)9-4-2-3-5-11(9)13;1-3-9(2)16-8-12(14-15)10-6-4-5-7-11(10)13;1-3-9(2)15-8-12(14)10-6-4-5-7-11(10)13;1-6-8(2)12-7-9(11)13-10(3,4)5;1-5-7(2)12-6-8(10)9(3)11-4;1-3-2-4-3/h2-10,15,19,24H,11-14H2,1H3;2-5,9,11H,6-8H2,1H3;2-5,8,10,15H,6-7,14H2,1H3;3-7,9,15H,1,8H2,2H3;3-7,9H,1,8H2,2H3;6,8H,1,7H2,2-5H3;5,7H,1,6H2,2-4H3;3H,2H2,1H3/t15-,19-,22+;9-,11-,13+;8-,10-,12-;2*9-;8-;7-;3-/m11111111/s1. The lowest BCUT2D eigenvalue weighted by molar-refractivity contribution is -0.174. The number of hydrogen-bond donors (Lipinski definition) is 4. The maximum Gasteiger partial charge on any atom is 0.332 e. The van der Waals surface area contributed by atoms with E-state index in [-0.39, 0.29) is 183 Å². The molecule has 0 saturated carbocycles. The van der Waals surface area contributed by atoms with Gasteiger partial charge in [0, 0.05) is 64.8 Å². The predicted octanol–water partition coefficient (Wildman–Crippen LogP) is 15.4. The van der Waals surface area contributed by atoms with Crippen LogP contribution in [-0.2, 0) is 78.2 Å². The van der Waals surface area contributed by atoms with Crippen LogP contribution in [0.25, 0.3) is 0 Å². The van der Waals surface area contributed by atoms with E-state index in [0.29, 0.717) is 53.9 Å². The van der Waals surface area contributed by atoms with Gasteiger partial charge in [0.15, 0.2) is 11.6 Å². The molecule has 0 aliphatic carbocycles. The summed E-state index contributed by atoms with van der Waals surface area (Å²) in [6, 6.07) is 40.8. The van der Waals surface area contributed by atoms with E-state index in [1.807, 2.05) is 85.7 Å². The normalized spacial score (nSPS) is 22.7. The number of carbonyl (C=O) groups excluding carboxylic acids is 4. The smallest absolute Gasteiger partial charge is 0.332 e. The Balaban J connectivity index is 0.000000294. The molecule has 5 saturated heterocycles. The molecule has 21 nitrogen and oxygen atoms in total. The minimum atomic E-state index is -0.931. The zero-order valence-electron chi connectivity index (χ0n) is 70.6. The molecule has 5 heterocycles. The number of benzene rings is 6. The average molecular weight is 1680 g/mol. The van der Waals surface area contributed by atoms with Crippen LogP contribution in [-0.4, -0.2) is 202 Å². The minimum Gasteiger partial charge on any atom is -0.458 e. The van der Waals surface area contributed by atoms with Gasteiger partial charge < -0.3 is 68.5 Å². The number of oxime groups is 1. The van der Waals surface area contributed by atoms with Crippen LogP contribution in [0.3, 0.4) is 0 Å². The number of rotatable bonds is 29. The largest absolute Gasteiger partial charge is 0.458 e. The lowest BCUT2D eigenvalue weighted by Gasteiger charge is -2.35. The lowest BCUT2D eigenvalue weighted by atomic mass is 9.67. The highest BCUT2D eigenvalue weighted by atomic mass is 32.1. The van der Waals surface area contributed by atoms with E-state index in [4.69, 9.17) is 70.5 Å². The summed E-state index contributed by atoms with van der Waals surface area (Å²) in [5, 5.41) is 32.3. The van der Waals surface area contributed by atoms with Crippen LogP contribution in [0.4, 0.5) is 22.0 Å². The number of hydroxylamine groups is 2. The highest BCUT2D eigenvalue weighted by Crippen LogP contribution is 2.48. The number of hydrogen-bond acceptors (Lipinski definition) is 21. The number of epoxide rings is 1. The molecule has 14 atom stereocenters. The van der Waals surface area contributed by atoms with Gasteiger partial charge >= 0.3 is 5.97 Å². The molecule has 0 radical (unpaired) electrons. The van der Waals surface area contributed by atoms with Crippen LogP contribution in [0.5, 0.6) is 0 Å². The molecule has 5 aliphatic rings. The maximum atomic E-state index is 14.7. The second-order valence-corrected chi connectivity index (χ2v) is 30.5. The Morgan fingerprint density at radius 2 is 0.992 bits per heavy atom. The van der Waals surface area contributed by atoms with Gasteiger partial charge in [0.2, 0.25) is 0 Å². The number of thiocarbonyl (C=S) groups is 1. The number of esters is 1. The Labute approximate surface area is 703 Å². The van der Waals surface area contributed by atoms with Crippen molar-refractivity contribution >= 4 is 46.2 Å². The summed E-state index contributed by atoms with van der Waals surface area (Å²) in [6.07, 6.45) is 6.62. The molecule has 652 valence electrons. The molecule has 119 heavy (non-hydrogen) atoms. The van der Waals surface area contributed by atoms with Gasteiger partial charge in [-0.2, -0.15) is 0 Å². The minimum absolute atomic E-state index is 0.0114. The number of halogens is 5. The van der Waals surface area contributed by atoms with Crippen LogP contribution < -0.4 is 5.73 Å². The highest BCUT2D eigenvalue weighted by Gasteiger charge is 2.55. The fourth-order valence-electron chi connectivity index (χ4n) is 12.7. The molecule has 6 aromatic carbocycles. The molecule has 0 spiro atoms. The fraction of sp³-hybridized carbons (Fsp3) is 0.457. The summed E-state index contributed by atoms with van der Waals surface area (Å²) in [7, 11) is 2.96. The van der Waals surface area contributed by atoms with Crippen molar-refractivity contribution in [2.45, 2.75) is 160 Å². The van der Waals surface area contributed by atoms with Crippen molar-refractivity contribution in [1.29, 1.82) is 0 Å². The van der Waals surface area contributed by atoms with E-state index < -0.39 is 28.2 Å². The molecule has 5 aliphatic heterocycles. The van der Waals surface area contributed by atoms with Crippen molar-refractivity contribution in [2.75, 3.05) is 93.4 Å². The van der Waals surface area contributed by atoms with Gasteiger partial charge in [-0.15, -0.1) is 26.3 Å². The lowest BCUT2D eigenvalue weighted by Crippen LogP contribution is -2.47.